The highest BCUT2D eigenvalue weighted by atomic mass is 32.1. The van der Waals surface area contributed by atoms with Gasteiger partial charge in [-0.25, -0.2) is 4.98 Å². The second-order valence-electron chi connectivity index (χ2n) is 3.88. The highest BCUT2D eigenvalue weighted by Crippen LogP contribution is 2.21. The fourth-order valence-corrected chi connectivity index (χ4v) is 2.06. The van der Waals surface area contributed by atoms with Crippen molar-refractivity contribution in [2.45, 2.75) is 13.5 Å². The van der Waals surface area contributed by atoms with Gasteiger partial charge in [0.25, 0.3) is 0 Å². The molecule has 4 heteroatoms. The van der Waals surface area contributed by atoms with Crippen molar-refractivity contribution in [2.75, 3.05) is 17.7 Å². The van der Waals surface area contributed by atoms with Crippen LogP contribution in [-0.2, 0) is 6.54 Å². The molecule has 0 saturated heterocycles. The number of hydrogen-bond acceptors (Lipinski definition) is 4. The predicted octanol–water partition coefficient (Wildman–Crippen LogP) is 2.67. The minimum atomic E-state index is 0.812. The van der Waals surface area contributed by atoms with Crippen LogP contribution in [0.1, 0.15) is 11.3 Å². The van der Waals surface area contributed by atoms with Crippen LogP contribution < -0.4 is 10.6 Å². The Morgan fingerprint density at radius 2 is 2.25 bits per heavy atom. The number of aromatic nitrogens is 1. The van der Waals surface area contributed by atoms with Gasteiger partial charge in [0.05, 0.1) is 17.7 Å². The average Bonchev–Trinajstić information content (AvgIpc) is 2.74. The zero-order valence-electron chi connectivity index (χ0n) is 9.47. The highest BCUT2D eigenvalue weighted by Gasteiger charge is 2.04. The molecular weight excluding hydrogens is 218 g/mol. The largest absolute Gasteiger partial charge is 0.398 e. The third-order valence-corrected chi connectivity index (χ3v) is 3.22. The molecule has 2 rings (SSSR count). The number of benzene rings is 1. The molecule has 1 aromatic carbocycles. The van der Waals surface area contributed by atoms with Crippen LogP contribution in [-0.4, -0.2) is 12.0 Å². The monoisotopic (exact) mass is 233 g/mol. The number of rotatable bonds is 3. The molecule has 84 valence electrons. The van der Waals surface area contributed by atoms with Gasteiger partial charge in [-0.3, -0.25) is 0 Å². The van der Waals surface area contributed by atoms with Gasteiger partial charge in [0.15, 0.2) is 0 Å². The van der Waals surface area contributed by atoms with Crippen LogP contribution >= 0.6 is 11.3 Å². The molecular formula is C12H15N3S. The van der Waals surface area contributed by atoms with E-state index in [2.05, 4.69) is 21.3 Å². The second kappa shape index (κ2) is 4.53. The predicted molar refractivity (Wildman–Crippen MR) is 69.8 cm³/mol. The molecule has 16 heavy (non-hydrogen) atoms. The van der Waals surface area contributed by atoms with Crippen molar-refractivity contribution in [1.29, 1.82) is 0 Å². The fourth-order valence-electron chi connectivity index (χ4n) is 1.52. The number of hydrogen-bond donors (Lipinski definition) is 1. The van der Waals surface area contributed by atoms with Crippen LogP contribution in [0.3, 0.4) is 0 Å². The van der Waals surface area contributed by atoms with Crippen LogP contribution in [0.25, 0.3) is 0 Å². The summed E-state index contributed by atoms with van der Waals surface area (Å²) in [5.41, 5.74) is 11.9. The molecule has 1 heterocycles. The summed E-state index contributed by atoms with van der Waals surface area (Å²) in [6.45, 7) is 2.82. The van der Waals surface area contributed by atoms with Crippen LogP contribution in [0.15, 0.2) is 29.1 Å². The fraction of sp³-hybridized carbons (Fsp3) is 0.250. The summed E-state index contributed by atoms with van der Waals surface area (Å²) in [5.74, 6) is 0. The quantitative estimate of drug-likeness (QED) is 0.829. The van der Waals surface area contributed by atoms with E-state index in [9.17, 15) is 0 Å². The van der Waals surface area contributed by atoms with E-state index >= 15 is 0 Å². The smallest absolute Gasteiger partial charge is 0.0795 e. The van der Waals surface area contributed by atoms with Gasteiger partial charge >= 0.3 is 0 Å². The maximum Gasteiger partial charge on any atom is 0.0795 e. The lowest BCUT2D eigenvalue weighted by Gasteiger charge is -2.19. The van der Waals surface area contributed by atoms with Crippen molar-refractivity contribution in [3.8, 4) is 0 Å². The summed E-state index contributed by atoms with van der Waals surface area (Å²) in [5, 5.41) is 2.06. The molecule has 0 radical (unpaired) electrons. The first kappa shape index (κ1) is 11.0. The standard InChI is InChI=1S/C12H15N3S/c1-9-3-4-11(5-12(9)13)15(2)6-10-7-16-8-14-10/h3-5,7-8H,6,13H2,1-2H3. The zero-order valence-corrected chi connectivity index (χ0v) is 10.3. The Balaban J connectivity index is 2.14. The maximum atomic E-state index is 5.89. The maximum absolute atomic E-state index is 5.89. The van der Waals surface area contributed by atoms with E-state index in [-0.39, 0.29) is 0 Å². The average molecular weight is 233 g/mol. The first-order valence-corrected chi connectivity index (χ1v) is 6.05. The van der Waals surface area contributed by atoms with Gasteiger partial charge in [-0.15, -0.1) is 11.3 Å². The topological polar surface area (TPSA) is 42.2 Å². The lowest BCUT2D eigenvalue weighted by Crippen LogP contribution is -2.16. The molecule has 0 bridgehead atoms. The van der Waals surface area contributed by atoms with Gasteiger partial charge in [-0.05, 0) is 24.6 Å². The Morgan fingerprint density at radius 1 is 1.44 bits per heavy atom. The van der Waals surface area contributed by atoms with Gasteiger partial charge in [0.1, 0.15) is 0 Å². The Hall–Kier alpha value is -1.55. The van der Waals surface area contributed by atoms with Crippen molar-refractivity contribution in [3.63, 3.8) is 0 Å². The van der Waals surface area contributed by atoms with E-state index in [1.807, 2.05) is 31.6 Å². The summed E-state index contributed by atoms with van der Waals surface area (Å²) < 4.78 is 0. The summed E-state index contributed by atoms with van der Waals surface area (Å²) >= 11 is 1.62. The van der Waals surface area contributed by atoms with E-state index in [1.165, 1.54) is 0 Å². The number of aryl methyl sites for hydroxylation is 1. The number of anilines is 2. The van der Waals surface area contributed by atoms with Crippen molar-refractivity contribution in [1.82, 2.24) is 4.98 Å². The Kier molecular flexibility index (Phi) is 3.10. The molecule has 0 unspecified atom stereocenters. The highest BCUT2D eigenvalue weighted by molar-refractivity contribution is 7.07. The normalized spacial score (nSPS) is 10.4. The van der Waals surface area contributed by atoms with Crippen molar-refractivity contribution in [2.24, 2.45) is 0 Å². The van der Waals surface area contributed by atoms with Crippen LogP contribution in [0.5, 0.6) is 0 Å². The first-order chi connectivity index (χ1) is 7.66. The molecule has 0 saturated carbocycles. The first-order valence-electron chi connectivity index (χ1n) is 5.11. The third-order valence-electron chi connectivity index (χ3n) is 2.59. The molecule has 0 fully saturated rings. The zero-order chi connectivity index (χ0) is 11.5. The van der Waals surface area contributed by atoms with Gasteiger partial charge in [0.2, 0.25) is 0 Å². The number of thiazole rings is 1. The number of nitrogen functional groups attached to an aromatic ring is 1. The summed E-state index contributed by atoms with van der Waals surface area (Å²) in [6.07, 6.45) is 0. The van der Waals surface area contributed by atoms with Gasteiger partial charge in [-0.2, -0.15) is 0 Å². The van der Waals surface area contributed by atoms with Crippen LogP contribution in [0.2, 0.25) is 0 Å². The Morgan fingerprint density at radius 3 is 2.88 bits per heavy atom. The molecule has 0 atom stereocenters. The van der Waals surface area contributed by atoms with E-state index in [1.54, 1.807) is 11.3 Å². The molecule has 2 N–H and O–H groups in total. The van der Waals surface area contributed by atoms with Gasteiger partial charge < -0.3 is 10.6 Å². The van der Waals surface area contributed by atoms with E-state index in [0.717, 1.165) is 29.2 Å². The molecule has 0 aliphatic rings. The molecule has 1 aromatic heterocycles. The van der Waals surface area contributed by atoms with E-state index < -0.39 is 0 Å². The van der Waals surface area contributed by atoms with Crippen LogP contribution in [0, 0.1) is 6.92 Å². The lowest BCUT2D eigenvalue weighted by atomic mass is 10.2. The van der Waals surface area contributed by atoms with Gasteiger partial charge in [0, 0.05) is 23.8 Å². The Bertz CT molecular complexity index is 465. The molecule has 0 aliphatic carbocycles. The number of nitrogens with zero attached hydrogens (tertiary/aromatic N) is 2. The van der Waals surface area contributed by atoms with Crippen LogP contribution in [0.4, 0.5) is 11.4 Å². The van der Waals surface area contributed by atoms with E-state index in [0.29, 0.717) is 0 Å². The molecule has 3 nitrogen and oxygen atoms in total. The minimum absolute atomic E-state index is 0.812. The number of nitrogens with two attached hydrogens (primary N) is 1. The van der Waals surface area contributed by atoms with Crippen molar-refractivity contribution in [3.05, 3.63) is 40.3 Å². The molecule has 2 aromatic rings. The Labute approximate surface area is 99.5 Å². The summed E-state index contributed by atoms with van der Waals surface area (Å²) in [4.78, 5) is 6.41. The SMILES string of the molecule is Cc1ccc(N(C)Cc2cscn2)cc1N. The molecule has 0 amide bonds. The van der Waals surface area contributed by atoms with Crippen molar-refractivity contribution < 1.29 is 0 Å². The second-order valence-corrected chi connectivity index (χ2v) is 4.60. The summed E-state index contributed by atoms with van der Waals surface area (Å²) in [7, 11) is 2.05. The third kappa shape index (κ3) is 2.33. The van der Waals surface area contributed by atoms with Crippen molar-refractivity contribution >= 4 is 22.7 Å². The molecule has 0 aliphatic heterocycles. The molecule has 0 spiro atoms. The van der Waals surface area contributed by atoms with Gasteiger partial charge in [-0.1, -0.05) is 6.07 Å². The minimum Gasteiger partial charge on any atom is -0.398 e. The summed E-state index contributed by atoms with van der Waals surface area (Å²) in [6, 6.07) is 6.13. The lowest BCUT2D eigenvalue weighted by molar-refractivity contribution is 0.895. The van der Waals surface area contributed by atoms with E-state index in [4.69, 9.17) is 5.73 Å².